The minimum Gasteiger partial charge on any atom is -0.465 e. The summed E-state index contributed by atoms with van der Waals surface area (Å²) < 4.78 is 52.4. The molecule has 0 bridgehead atoms. The first-order chi connectivity index (χ1) is 18.3. The minimum absolute atomic E-state index is 0.0431. The molecule has 0 spiro atoms. The molecule has 0 unspecified atom stereocenters. The molecule has 2 aliphatic carbocycles. The average Bonchev–Trinajstić information content (AvgIpc) is 2.85. The number of carbonyl (C=O) groups is 2. The topological polar surface area (TPSA) is 141 Å². The highest BCUT2D eigenvalue weighted by atomic mass is 35.5. The SMILES string of the molecule is O=C(O)Nc1cc(Cl)c(C2CCC(F)(F)CC2)cn1.[N-]=[N+]=NC(=O)c1cc(Cl)c(C2CCC(F)(F)CC2)cn1. The Hall–Kier alpha value is -3.15. The summed E-state index contributed by atoms with van der Waals surface area (Å²) in [6.45, 7) is 0. The number of nitrogens with zero attached hydrogens (tertiary/aromatic N) is 5. The largest absolute Gasteiger partial charge is 0.465 e. The molecule has 2 aliphatic rings. The third-order valence-corrected chi connectivity index (χ3v) is 7.32. The summed E-state index contributed by atoms with van der Waals surface area (Å²) in [6.07, 6.45) is 2.37. The van der Waals surface area contributed by atoms with E-state index in [0.717, 1.165) is 0 Å². The van der Waals surface area contributed by atoms with Crippen LogP contribution in [0.4, 0.5) is 28.2 Å². The van der Waals surface area contributed by atoms with E-state index in [9.17, 15) is 27.2 Å². The molecule has 2 heterocycles. The fourth-order valence-electron chi connectivity index (χ4n) is 4.57. The molecule has 0 aliphatic heterocycles. The van der Waals surface area contributed by atoms with Gasteiger partial charge in [0.2, 0.25) is 11.8 Å². The molecule has 2 N–H and O–H groups in total. The Kier molecular flexibility index (Phi) is 9.98. The minimum atomic E-state index is -2.60. The molecule has 39 heavy (non-hydrogen) atoms. The zero-order valence-electron chi connectivity index (χ0n) is 20.4. The Balaban J connectivity index is 0.000000216. The number of nitrogens with one attached hydrogen (secondary N) is 1. The van der Waals surface area contributed by atoms with Gasteiger partial charge in [-0.3, -0.25) is 15.1 Å². The monoisotopic (exact) mass is 590 g/mol. The predicted octanol–water partition coefficient (Wildman–Crippen LogP) is 8.60. The van der Waals surface area contributed by atoms with Gasteiger partial charge >= 0.3 is 6.09 Å². The second-order valence-electron chi connectivity index (χ2n) is 9.37. The molecule has 2 aromatic rings. The standard InChI is InChI=1S/C12H11ClF2N4O.C12H13ClF2N2O2/c13-9-5-10(11(20)18-19-16)17-6-8(9)7-1-3-12(14,15)4-2-7;13-9-5-10(17-11(18)19)16-6-8(9)7-1-3-12(14,15)4-2-7/h5-7H,1-4H2;5-7H,1-4H2,(H,16,17)(H,18,19). The summed E-state index contributed by atoms with van der Waals surface area (Å²) >= 11 is 12.1. The van der Waals surface area contributed by atoms with Crippen molar-refractivity contribution in [3.8, 4) is 0 Å². The van der Waals surface area contributed by atoms with E-state index in [1.165, 1.54) is 24.5 Å². The van der Waals surface area contributed by atoms with Crippen LogP contribution in [0.15, 0.2) is 29.6 Å². The summed E-state index contributed by atoms with van der Waals surface area (Å²) in [6, 6.07) is 2.71. The fraction of sp³-hybridized carbons (Fsp3) is 0.500. The predicted molar refractivity (Wildman–Crippen MR) is 136 cm³/mol. The van der Waals surface area contributed by atoms with Gasteiger partial charge in [-0.2, -0.15) is 0 Å². The van der Waals surface area contributed by atoms with Gasteiger partial charge in [0.15, 0.2) is 0 Å². The van der Waals surface area contributed by atoms with Crippen LogP contribution in [0.3, 0.4) is 0 Å². The van der Waals surface area contributed by atoms with E-state index < -0.39 is 23.8 Å². The number of rotatable bonds is 4. The average molecular weight is 591 g/mol. The van der Waals surface area contributed by atoms with E-state index in [1.54, 1.807) is 0 Å². The van der Waals surface area contributed by atoms with E-state index in [2.05, 4.69) is 25.3 Å². The molecule has 0 aromatic carbocycles. The number of hydrogen-bond donors (Lipinski definition) is 2. The second-order valence-corrected chi connectivity index (χ2v) is 10.2. The lowest BCUT2D eigenvalue weighted by Crippen LogP contribution is -2.23. The van der Waals surface area contributed by atoms with Crippen molar-refractivity contribution >= 4 is 41.0 Å². The molecule has 15 heteroatoms. The highest BCUT2D eigenvalue weighted by molar-refractivity contribution is 6.32. The molecule has 2 aromatic heterocycles. The number of anilines is 1. The Labute approximate surface area is 230 Å². The van der Waals surface area contributed by atoms with Gasteiger partial charge in [-0.1, -0.05) is 23.2 Å². The van der Waals surface area contributed by atoms with Gasteiger partial charge in [-0.15, -0.1) is 0 Å². The number of hydrogen-bond acceptors (Lipinski definition) is 4. The lowest BCUT2D eigenvalue weighted by molar-refractivity contribution is -0.0387. The molecule has 9 nitrogen and oxygen atoms in total. The van der Waals surface area contributed by atoms with Gasteiger partial charge in [0.1, 0.15) is 11.5 Å². The number of pyridine rings is 2. The summed E-state index contributed by atoms with van der Waals surface area (Å²) in [7, 11) is 0. The molecule has 0 atom stereocenters. The molecule has 2 fully saturated rings. The van der Waals surface area contributed by atoms with Crippen molar-refractivity contribution in [1.82, 2.24) is 9.97 Å². The van der Waals surface area contributed by atoms with Crippen LogP contribution in [0.5, 0.6) is 0 Å². The number of carbonyl (C=O) groups excluding carboxylic acids is 1. The molecule has 4 rings (SSSR count). The maximum Gasteiger partial charge on any atom is 0.410 e. The molecular weight excluding hydrogens is 567 g/mol. The van der Waals surface area contributed by atoms with Crippen molar-refractivity contribution < 1.29 is 32.3 Å². The third-order valence-electron chi connectivity index (χ3n) is 6.67. The Bertz CT molecular complexity index is 1260. The van der Waals surface area contributed by atoms with E-state index in [1.807, 2.05) is 0 Å². The van der Waals surface area contributed by atoms with Crippen LogP contribution in [0.25, 0.3) is 10.4 Å². The van der Waals surface area contributed by atoms with Crippen LogP contribution in [0.2, 0.25) is 10.0 Å². The van der Waals surface area contributed by atoms with E-state index in [0.29, 0.717) is 41.8 Å². The van der Waals surface area contributed by atoms with Crippen molar-refractivity contribution in [2.75, 3.05) is 5.32 Å². The number of azide groups is 1. The molecule has 0 radical (unpaired) electrons. The van der Waals surface area contributed by atoms with E-state index >= 15 is 0 Å². The lowest BCUT2D eigenvalue weighted by atomic mass is 9.83. The summed E-state index contributed by atoms with van der Waals surface area (Å²) in [5, 5.41) is 14.2. The number of amides is 2. The fourth-order valence-corrected chi connectivity index (χ4v) is 5.19. The maximum absolute atomic E-state index is 13.1. The lowest BCUT2D eigenvalue weighted by Gasteiger charge is -2.28. The number of halogens is 6. The van der Waals surface area contributed by atoms with Crippen LogP contribution >= 0.6 is 23.2 Å². The normalized spacial score (nSPS) is 18.7. The second kappa shape index (κ2) is 12.8. The molecule has 2 amide bonds. The Morgan fingerprint density at radius 3 is 1.79 bits per heavy atom. The highest BCUT2D eigenvalue weighted by Gasteiger charge is 2.37. The molecule has 0 saturated heterocycles. The van der Waals surface area contributed by atoms with E-state index in [4.69, 9.17) is 33.8 Å². The summed E-state index contributed by atoms with van der Waals surface area (Å²) in [4.78, 5) is 32.0. The van der Waals surface area contributed by atoms with Gasteiger partial charge in [0.05, 0.1) is 0 Å². The number of carboxylic acid groups (broad SMARTS) is 1. The maximum atomic E-state index is 13.1. The van der Waals surface area contributed by atoms with Crippen LogP contribution in [0, 0.1) is 0 Å². The van der Waals surface area contributed by atoms with Gasteiger partial charge in [-0.25, -0.2) is 27.3 Å². The summed E-state index contributed by atoms with van der Waals surface area (Å²) in [5.74, 6) is -6.01. The zero-order chi connectivity index (χ0) is 28.8. The van der Waals surface area contributed by atoms with Crippen molar-refractivity contribution in [1.29, 1.82) is 0 Å². The Morgan fingerprint density at radius 1 is 0.923 bits per heavy atom. The van der Waals surface area contributed by atoms with Crippen LogP contribution in [0.1, 0.15) is 84.8 Å². The molecule has 210 valence electrons. The Morgan fingerprint density at radius 2 is 1.38 bits per heavy atom. The number of aromatic nitrogens is 2. The first kappa shape index (κ1) is 30.4. The number of alkyl halides is 4. The van der Waals surface area contributed by atoms with Gasteiger partial charge in [0.25, 0.3) is 5.91 Å². The first-order valence-corrected chi connectivity index (χ1v) is 12.7. The van der Waals surface area contributed by atoms with Gasteiger partial charge in [-0.05, 0) is 71.4 Å². The summed E-state index contributed by atoms with van der Waals surface area (Å²) in [5.41, 5.74) is 9.48. The quantitative estimate of drug-likeness (QED) is 0.159. The smallest absolute Gasteiger partial charge is 0.410 e. The van der Waals surface area contributed by atoms with Crippen LogP contribution in [-0.4, -0.2) is 38.9 Å². The van der Waals surface area contributed by atoms with Crippen LogP contribution < -0.4 is 5.32 Å². The van der Waals surface area contributed by atoms with E-state index in [-0.39, 0.29) is 54.1 Å². The van der Waals surface area contributed by atoms with Crippen molar-refractivity contribution in [2.45, 2.75) is 75.0 Å². The van der Waals surface area contributed by atoms with Gasteiger partial charge < -0.3 is 5.11 Å². The van der Waals surface area contributed by atoms with Gasteiger partial charge in [0, 0.05) is 53.0 Å². The third kappa shape index (κ3) is 8.67. The van der Waals surface area contributed by atoms with Crippen molar-refractivity contribution in [2.24, 2.45) is 5.11 Å². The molecular formula is C24H24Cl2F4N6O3. The zero-order valence-corrected chi connectivity index (χ0v) is 21.9. The highest BCUT2D eigenvalue weighted by Crippen LogP contribution is 2.43. The van der Waals surface area contributed by atoms with Crippen molar-refractivity contribution in [3.63, 3.8) is 0 Å². The molecule has 2 saturated carbocycles. The van der Waals surface area contributed by atoms with Crippen LogP contribution in [-0.2, 0) is 0 Å². The first-order valence-electron chi connectivity index (χ1n) is 12.0. The van der Waals surface area contributed by atoms with Crippen molar-refractivity contribution in [3.05, 3.63) is 61.8 Å².